The number of aryl methyl sites for hydroxylation is 1. The number of carbonyl (C=O) groups excluding carboxylic acids is 2. The molecule has 1 amide bonds. The molecule has 0 spiro atoms. The lowest BCUT2D eigenvalue weighted by Crippen LogP contribution is -2.27. The van der Waals surface area contributed by atoms with Crippen molar-refractivity contribution in [1.29, 1.82) is 5.26 Å². The van der Waals surface area contributed by atoms with Crippen LogP contribution in [0.3, 0.4) is 0 Å². The van der Waals surface area contributed by atoms with Crippen LogP contribution < -0.4 is 0 Å². The number of pyridine rings is 1. The normalized spacial score (nSPS) is 15.2. The number of ketones is 1. The van der Waals surface area contributed by atoms with Gasteiger partial charge in [-0.15, -0.1) is 0 Å². The number of fused-ring (bicyclic) bond motifs is 1. The highest BCUT2D eigenvalue weighted by Crippen LogP contribution is 2.35. The molecule has 1 fully saturated rings. The third-order valence-corrected chi connectivity index (χ3v) is 6.48. The molecule has 2 aromatic heterocycles. The van der Waals surface area contributed by atoms with Gasteiger partial charge in [-0.05, 0) is 55.3 Å². The van der Waals surface area contributed by atoms with Gasteiger partial charge in [-0.1, -0.05) is 29.8 Å². The van der Waals surface area contributed by atoms with Crippen LogP contribution in [0.15, 0.2) is 73.1 Å². The highest BCUT2D eigenvalue weighted by atomic mass is 35.5. The van der Waals surface area contributed by atoms with Crippen molar-refractivity contribution in [2.45, 2.75) is 25.6 Å². The lowest BCUT2D eigenvalue weighted by molar-refractivity contribution is 0.0118. The first-order chi connectivity index (χ1) is 19.8. The van der Waals surface area contributed by atoms with Crippen molar-refractivity contribution >= 4 is 23.3 Å². The Balaban J connectivity index is 0.000000265. The van der Waals surface area contributed by atoms with Gasteiger partial charge < -0.3 is 14.7 Å². The Bertz CT molecular complexity index is 1540. The quantitative estimate of drug-likeness (QED) is 0.346. The Morgan fingerprint density at radius 1 is 1.17 bits per heavy atom. The van der Waals surface area contributed by atoms with Gasteiger partial charge in [0.25, 0.3) is 5.91 Å². The van der Waals surface area contributed by atoms with Gasteiger partial charge in [0.15, 0.2) is 6.23 Å². The Morgan fingerprint density at radius 2 is 1.90 bits per heavy atom. The number of aliphatic hydroxyl groups is 1. The second-order valence-electron chi connectivity index (χ2n) is 9.19. The molecule has 2 aromatic carbocycles. The number of benzene rings is 2. The van der Waals surface area contributed by atoms with E-state index in [0.717, 1.165) is 29.2 Å². The number of nitriles is 1. The van der Waals surface area contributed by atoms with Crippen LogP contribution in [0.5, 0.6) is 0 Å². The standard InChI is InChI=1S/C20H14FN5O3.C6H5Cl.C4H8O/c1-25-5-4-16(24-25)18(27)12-6-14-17(15(21)7-12)20(29)26(19(14)28)10-13-3-2-11(8-22)9-23-13;7-6-4-2-1-3-5-6;1-2-4-5-3-1/h2-7,9,20,29H,10H2,1H3;1-5H;1-4H2. The third kappa shape index (κ3) is 7.41. The molecule has 0 radical (unpaired) electrons. The number of hydrogen-bond acceptors (Lipinski definition) is 7. The number of nitrogens with zero attached hydrogens (tertiary/aromatic N) is 5. The molecule has 4 aromatic rings. The molecule has 4 heterocycles. The van der Waals surface area contributed by atoms with E-state index in [1.165, 1.54) is 41.9 Å². The number of carbonyl (C=O) groups is 2. The summed E-state index contributed by atoms with van der Waals surface area (Å²) in [5.74, 6) is -1.99. The molecule has 1 N–H and O–H groups in total. The van der Waals surface area contributed by atoms with E-state index >= 15 is 0 Å². The van der Waals surface area contributed by atoms with Crippen molar-refractivity contribution in [3.8, 4) is 6.07 Å². The van der Waals surface area contributed by atoms with Crippen LogP contribution in [0.2, 0.25) is 5.02 Å². The number of rotatable bonds is 4. The SMILES string of the molecule is C1CCOC1.Clc1ccccc1.Cn1ccc(C(=O)c2cc(F)c3c(c2)C(=O)N(Cc2ccc(C#N)cn2)C3O)n1. The minimum Gasteiger partial charge on any atom is -0.381 e. The Hall–Kier alpha value is -4.43. The van der Waals surface area contributed by atoms with Crippen LogP contribution in [0.1, 0.15) is 62.3 Å². The van der Waals surface area contributed by atoms with Gasteiger partial charge in [0.1, 0.15) is 17.6 Å². The number of halogens is 2. The lowest BCUT2D eigenvalue weighted by Gasteiger charge is -2.20. The van der Waals surface area contributed by atoms with Crippen molar-refractivity contribution in [2.24, 2.45) is 7.05 Å². The molecule has 11 heteroatoms. The van der Waals surface area contributed by atoms with Crippen LogP contribution in [0.4, 0.5) is 4.39 Å². The highest BCUT2D eigenvalue weighted by molar-refractivity contribution is 6.30. The summed E-state index contributed by atoms with van der Waals surface area (Å²) in [4.78, 5) is 30.5. The molecule has 6 rings (SSSR count). The maximum absolute atomic E-state index is 14.7. The summed E-state index contributed by atoms with van der Waals surface area (Å²) in [6, 6.07) is 18.2. The van der Waals surface area contributed by atoms with Crippen LogP contribution in [0.25, 0.3) is 0 Å². The van der Waals surface area contributed by atoms with Crippen LogP contribution in [0, 0.1) is 17.1 Å². The van der Waals surface area contributed by atoms with Gasteiger partial charge in [-0.2, -0.15) is 10.4 Å². The fourth-order valence-electron chi connectivity index (χ4n) is 4.14. The second-order valence-corrected chi connectivity index (χ2v) is 9.63. The fourth-order valence-corrected chi connectivity index (χ4v) is 4.28. The second kappa shape index (κ2) is 13.8. The zero-order chi connectivity index (χ0) is 29.4. The van der Waals surface area contributed by atoms with E-state index in [2.05, 4.69) is 10.1 Å². The molecule has 41 heavy (non-hydrogen) atoms. The third-order valence-electron chi connectivity index (χ3n) is 6.23. The van der Waals surface area contributed by atoms with Crippen molar-refractivity contribution in [1.82, 2.24) is 19.7 Å². The summed E-state index contributed by atoms with van der Waals surface area (Å²) in [6.07, 6.45) is 3.98. The molecular formula is C30H27ClFN5O4. The molecule has 1 saturated heterocycles. The number of amides is 1. The number of ether oxygens (including phenoxy) is 1. The minimum absolute atomic E-state index is 0.0288. The zero-order valence-electron chi connectivity index (χ0n) is 22.2. The zero-order valence-corrected chi connectivity index (χ0v) is 23.0. The largest absolute Gasteiger partial charge is 0.381 e. The molecule has 210 valence electrons. The number of aromatic nitrogens is 3. The van der Waals surface area contributed by atoms with Crippen molar-refractivity contribution < 1.29 is 23.8 Å². The average molecular weight is 576 g/mol. The van der Waals surface area contributed by atoms with E-state index in [1.54, 1.807) is 19.3 Å². The summed E-state index contributed by atoms with van der Waals surface area (Å²) < 4.78 is 21.1. The van der Waals surface area contributed by atoms with E-state index in [1.807, 2.05) is 36.4 Å². The Labute approximate surface area is 241 Å². The van der Waals surface area contributed by atoms with Crippen LogP contribution in [-0.4, -0.2) is 49.7 Å². The molecule has 0 bridgehead atoms. The maximum atomic E-state index is 14.7. The van der Waals surface area contributed by atoms with E-state index < -0.39 is 23.7 Å². The summed E-state index contributed by atoms with van der Waals surface area (Å²) in [7, 11) is 1.65. The van der Waals surface area contributed by atoms with E-state index in [4.69, 9.17) is 21.6 Å². The first-order valence-corrected chi connectivity index (χ1v) is 13.2. The molecule has 2 aliphatic rings. The fraction of sp³-hybridized carbons (Fsp3) is 0.233. The maximum Gasteiger partial charge on any atom is 0.257 e. The lowest BCUT2D eigenvalue weighted by atomic mass is 10.0. The van der Waals surface area contributed by atoms with Gasteiger partial charge in [-0.3, -0.25) is 19.3 Å². The van der Waals surface area contributed by atoms with Gasteiger partial charge >= 0.3 is 0 Å². The smallest absolute Gasteiger partial charge is 0.257 e. The summed E-state index contributed by atoms with van der Waals surface area (Å²) >= 11 is 5.54. The molecule has 0 saturated carbocycles. The molecule has 1 atom stereocenters. The number of aliphatic hydroxyl groups excluding tert-OH is 1. The minimum atomic E-state index is -1.51. The van der Waals surface area contributed by atoms with Crippen molar-refractivity contribution in [2.75, 3.05) is 13.2 Å². The predicted octanol–water partition coefficient (Wildman–Crippen LogP) is 4.84. The van der Waals surface area contributed by atoms with Crippen LogP contribution in [-0.2, 0) is 18.3 Å². The predicted molar refractivity (Wildman–Crippen MR) is 148 cm³/mol. The Morgan fingerprint density at radius 3 is 2.41 bits per heavy atom. The summed E-state index contributed by atoms with van der Waals surface area (Å²) in [5, 5.41) is 24.1. The summed E-state index contributed by atoms with van der Waals surface area (Å²) in [5.41, 5.74) is 0.616. The van der Waals surface area contributed by atoms with Crippen molar-refractivity contribution in [3.63, 3.8) is 0 Å². The van der Waals surface area contributed by atoms with E-state index in [-0.39, 0.29) is 28.9 Å². The first-order valence-electron chi connectivity index (χ1n) is 12.8. The first kappa shape index (κ1) is 29.6. The van der Waals surface area contributed by atoms with E-state index in [0.29, 0.717) is 11.3 Å². The van der Waals surface area contributed by atoms with Gasteiger partial charge in [0.2, 0.25) is 5.78 Å². The van der Waals surface area contributed by atoms with Crippen LogP contribution >= 0.6 is 11.6 Å². The number of hydrogen-bond donors (Lipinski definition) is 1. The average Bonchev–Trinajstić information content (AvgIpc) is 3.75. The summed E-state index contributed by atoms with van der Waals surface area (Å²) in [6.45, 7) is 1.92. The molecular weight excluding hydrogens is 549 g/mol. The topological polar surface area (TPSA) is 121 Å². The highest BCUT2D eigenvalue weighted by Gasteiger charge is 2.39. The van der Waals surface area contributed by atoms with Gasteiger partial charge in [-0.25, -0.2) is 4.39 Å². The van der Waals surface area contributed by atoms with E-state index in [9.17, 15) is 19.1 Å². The van der Waals surface area contributed by atoms with Crippen molar-refractivity contribution in [3.05, 3.63) is 118 Å². The molecule has 1 unspecified atom stereocenters. The Kier molecular flexibility index (Phi) is 9.92. The molecule has 9 nitrogen and oxygen atoms in total. The molecule has 2 aliphatic heterocycles. The molecule has 0 aliphatic carbocycles. The monoisotopic (exact) mass is 575 g/mol. The van der Waals surface area contributed by atoms with Gasteiger partial charge in [0.05, 0.1) is 23.4 Å². The van der Waals surface area contributed by atoms with Gasteiger partial charge in [0, 0.05) is 48.8 Å².